The predicted molar refractivity (Wildman–Crippen MR) is 91.0 cm³/mol. The van der Waals surface area contributed by atoms with Crippen LogP contribution in [0.4, 0.5) is 0 Å². The van der Waals surface area contributed by atoms with Gasteiger partial charge in [0.05, 0.1) is 6.61 Å². The van der Waals surface area contributed by atoms with Crippen LogP contribution in [0.15, 0.2) is 30.3 Å². The predicted octanol–water partition coefficient (Wildman–Crippen LogP) is 4.79. The topological polar surface area (TPSA) is 21.3 Å². The van der Waals surface area contributed by atoms with Crippen molar-refractivity contribution in [3.8, 4) is 0 Å². The molecule has 0 bridgehead atoms. The number of ether oxygens (including phenoxy) is 1. The molecule has 1 N–H and O–H groups in total. The molecule has 0 radical (unpaired) electrons. The first-order valence-electron chi connectivity index (χ1n) is 6.57. The molecule has 0 amide bonds. The van der Waals surface area contributed by atoms with E-state index < -0.39 is 0 Å². The van der Waals surface area contributed by atoms with E-state index in [0.29, 0.717) is 6.04 Å². The molecule has 1 rings (SSSR count). The zero-order valence-corrected chi connectivity index (χ0v) is 12.3. The average molecular weight is 271 g/mol. The highest BCUT2D eigenvalue weighted by Crippen LogP contribution is 2.02. The van der Waals surface area contributed by atoms with Crippen LogP contribution in [0.1, 0.15) is 48.1 Å². The number of methoxy groups -OCH3 is 1. The molecular weight excluding hydrogens is 234 g/mol. The molecule has 0 fully saturated rings. The third-order valence-corrected chi connectivity index (χ3v) is 2.10. The molecule has 19 heavy (non-hydrogen) atoms. The fourth-order valence-electron chi connectivity index (χ4n) is 1.34. The molecule has 2 nitrogen and oxygen atoms in total. The van der Waals surface area contributed by atoms with Crippen molar-refractivity contribution < 1.29 is 4.74 Å². The molecule has 1 unspecified atom stereocenters. The van der Waals surface area contributed by atoms with Gasteiger partial charge in [0.1, 0.15) is 0 Å². The van der Waals surface area contributed by atoms with Crippen molar-refractivity contribution in [2.45, 2.75) is 55.0 Å². The summed E-state index contributed by atoms with van der Waals surface area (Å²) in [6.07, 6.45) is 1.02. The number of rotatable bonds is 5. The Balaban J connectivity index is -0.000000171. The zero-order chi connectivity index (χ0) is 13.5. The second-order valence-electron chi connectivity index (χ2n) is 3.13. The standard InChI is InChI=1S/C11H17NO.2C2H6.2CH4/c1-12-11(9-13-2)8-10-6-4-3-5-7-10;2*1-2;;/h3-7,11-12H,8-9H2,1-2H3;2*1-2H3;2*1H4. The van der Waals surface area contributed by atoms with E-state index in [9.17, 15) is 0 Å². The van der Waals surface area contributed by atoms with Gasteiger partial charge in [0.2, 0.25) is 0 Å². The summed E-state index contributed by atoms with van der Waals surface area (Å²) in [6.45, 7) is 8.76. The maximum absolute atomic E-state index is 5.10. The van der Waals surface area contributed by atoms with Crippen molar-refractivity contribution in [1.29, 1.82) is 0 Å². The quantitative estimate of drug-likeness (QED) is 0.831. The molecule has 0 saturated carbocycles. The molecule has 0 aromatic heterocycles. The highest BCUT2D eigenvalue weighted by atomic mass is 16.5. The number of nitrogens with one attached hydrogen (secondary N) is 1. The van der Waals surface area contributed by atoms with Gasteiger partial charge in [-0.05, 0) is 19.0 Å². The van der Waals surface area contributed by atoms with Crippen molar-refractivity contribution in [2.75, 3.05) is 20.8 Å². The Labute approximate surface area is 122 Å². The van der Waals surface area contributed by atoms with Crippen molar-refractivity contribution >= 4 is 0 Å². The Morgan fingerprint density at radius 2 is 1.47 bits per heavy atom. The van der Waals surface area contributed by atoms with E-state index >= 15 is 0 Å². The molecule has 116 valence electrons. The summed E-state index contributed by atoms with van der Waals surface area (Å²) in [6, 6.07) is 10.9. The lowest BCUT2D eigenvalue weighted by Gasteiger charge is -2.14. The van der Waals surface area contributed by atoms with Gasteiger partial charge >= 0.3 is 0 Å². The fourth-order valence-corrected chi connectivity index (χ4v) is 1.34. The van der Waals surface area contributed by atoms with E-state index in [0.717, 1.165) is 13.0 Å². The van der Waals surface area contributed by atoms with Gasteiger partial charge in [0.25, 0.3) is 0 Å². The highest BCUT2D eigenvalue weighted by molar-refractivity contribution is 5.15. The summed E-state index contributed by atoms with van der Waals surface area (Å²) in [7, 11) is 3.70. The first kappa shape index (κ1) is 26.7. The monoisotopic (exact) mass is 271 g/mol. The number of hydrogen-bond acceptors (Lipinski definition) is 2. The van der Waals surface area contributed by atoms with Crippen LogP contribution in [-0.2, 0) is 11.2 Å². The van der Waals surface area contributed by atoms with Gasteiger partial charge < -0.3 is 10.1 Å². The summed E-state index contributed by atoms with van der Waals surface area (Å²) in [5.41, 5.74) is 1.35. The normalized spacial score (nSPS) is 9.37. The van der Waals surface area contributed by atoms with Gasteiger partial charge in [0, 0.05) is 13.2 Å². The minimum absolute atomic E-state index is 0. The second kappa shape index (κ2) is 22.3. The van der Waals surface area contributed by atoms with Crippen LogP contribution in [0.25, 0.3) is 0 Å². The lowest BCUT2D eigenvalue weighted by atomic mass is 10.1. The van der Waals surface area contributed by atoms with Gasteiger partial charge in [-0.1, -0.05) is 72.9 Å². The number of benzene rings is 1. The van der Waals surface area contributed by atoms with Crippen molar-refractivity contribution in [1.82, 2.24) is 5.32 Å². The molecule has 0 heterocycles. The van der Waals surface area contributed by atoms with Gasteiger partial charge in [0.15, 0.2) is 0 Å². The molecule has 0 saturated heterocycles. The Bertz CT molecular complexity index is 224. The minimum Gasteiger partial charge on any atom is -0.383 e. The van der Waals surface area contributed by atoms with Gasteiger partial charge in [-0.25, -0.2) is 0 Å². The van der Waals surface area contributed by atoms with Gasteiger partial charge in [-0.15, -0.1) is 0 Å². The maximum Gasteiger partial charge on any atom is 0.0618 e. The maximum atomic E-state index is 5.10. The summed E-state index contributed by atoms with van der Waals surface area (Å²) < 4.78 is 5.10. The summed E-state index contributed by atoms with van der Waals surface area (Å²) >= 11 is 0. The van der Waals surface area contributed by atoms with Crippen LogP contribution in [0.5, 0.6) is 0 Å². The van der Waals surface area contributed by atoms with E-state index in [-0.39, 0.29) is 14.9 Å². The molecule has 1 aromatic rings. The molecule has 0 aliphatic carbocycles. The van der Waals surface area contributed by atoms with Crippen LogP contribution < -0.4 is 5.32 Å². The van der Waals surface area contributed by atoms with Gasteiger partial charge in [-0.2, -0.15) is 0 Å². The number of likely N-dealkylation sites (N-methyl/N-ethyl adjacent to an activating group) is 1. The third-order valence-electron chi connectivity index (χ3n) is 2.10. The smallest absolute Gasteiger partial charge is 0.0618 e. The summed E-state index contributed by atoms with van der Waals surface area (Å²) in [5, 5.41) is 3.23. The van der Waals surface area contributed by atoms with E-state index in [2.05, 4.69) is 29.6 Å². The van der Waals surface area contributed by atoms with E-state index in [1.165, 1.54) is 5.56 Å². The average Bonchev–Trinajstić information content (AvgIpc) is 2.44. The molecular formula is C17H37NO. The lowest BCUT2D eigenvalue weighted by molar-refractivity contribution is 0.169. The number of hydrogen-bond donors (Lipinski definition) is 1. The Kier molecular flexibility index (Phi) is 31.3. The Morgan fingerprint density at radius 1 is 1.00 bits per heavy atom. The first-order chi connectivity index (χ1) is 8.36. The molecule has 1 atom stereocenters. The lowest BCUT2D eigenvalue weighted by Crippen LogP contribution is -2.31. The Morgan fingerprint density at radius 3 is 1.84 bits per heavy atom. The van der Waals surface area contributed by atoms with Crippen molar-refractivity contribution in [3.63, 3.8) is 0 Å². The summed E-state index contributed by atoms with van der Waals surface area (Å²) in [5.74, 6) is 0. The molecule has 1 aromatic carbocycles. The Hall–Kier alpha value is -0.860. The molecule has 0 aliphatic heterocycles. The van der Waals surface area contributed by atoms with Crippen LogP contribution in [-0.4, -0.2) is 26.8 Å². The molecule has 2 heteroatoms. The summed E-state index contributed by atoms with van der Waals surface area (Å²) in [4.78, 5) is 0. The van der Waals surface area contributed by atoms with Gasteiger partial charge in [-0.3, -0.25) is 0 Å². The van der Waals surface area contributed by atoms with Crippen molar-refractivity contribution in [3.05, 3.63) is 35.9 Å². The van der Waals surface area contributed by atoms with Crippen LogP contribution in [0, 0.1) is 0 Å². The SMILES string of the molecule is C.C.CC.CC.CNC(COC)Cc1ccccc1. The molecule has 0 aliphatic rings. The largest absolute Gasteiger partial charge is 0.383 e. The van der Waals surface area contributed by atoms with E-state index in [1.807, 2.05) is 40.8 Å². The molecule has 0 spiro atoms. The van der Waals surface area contributed by atoms with Crippen LogP contribution in [0.3, 0.4) is 0 Å². The first-order valence-corrected chi connectivity index (χ1v) is 6.57. The fraction of sp³-hybridized carbons (Fsp3) is 0.647. The van der Waals surface area contributed by atoms with E-state index in [1.54, 1.807) is 7.11 Å². The van der Waals surface area contributed by atoms with Crippen LogP contribution >= 0.6 is 0 Å². The second-order valence-corrected chi connectivity index (χ2v) is 3.13. The van der Waals surface area contributed by atoms with Crippen molar-refractivity contribution in [2.24, 2.45) is 0 Å². The zero-order valence-electron chi connectivity index (χ0n) is 12.3. The highest BCUT2D eigenvalue weighted by Gasteiger charge is 2.05. The minimum atomic E-state index is 0. The third kappa shape index (κ3) is 15.1. The van der Waals surface area contributed by atoms with E-state index in [4.69, 9.17) is 4.74 Å². The van der Waals surface area contributed by atoms with Crippen LogP contribution in [0.2, 0.25) is 0 Å².